The van der Waals surface area contributed by atoms with Crippen molar-refractivity contribution >= 4 is 23.0 Å². The Labute approximate surface area is 126 Å². The van der Waals surface area contributed by atoms with Crippen molar-refractivity contribution in [2.75, 3.05) is 7.11 Å². The highest BCUT2D eigenvalue weighted by Crippen LogP contribution is 2.16. The summed E-state index contributed by atoms with van der Waals surface area (Å²) in [5.74, 6) is -1.73. The second-order valence-electron chi connectivity index (χ2n) is 4.84. The molecule has 0 fully saturated rings. The van der Waals surface area contributed by atoms with E-state index >= 15 is 0 Å². The lowest BCUT2D eigenvalue weighted by Crippen LogP contribution is -2.24. The van der Waals surface area contributed by atoms with Crippen LogP contribution in [0.4, 0.5) is 0 Å². The molecule has 0 saturated carbocycles. The Hall–Kier alpha value is -2.57. The Kier molecular flexibility index (Phi) is 4.65. The molecule has 118 valence electrons. The van der Waals surface area contributed by atoms with Crippen molar-refractivity contribution in [2.45, 2.75) is 32.9 Å². The van der Waals surface area contributed by atoms with Crippen LogP contribution in [0, 0.1) is 0 Å². The average molecular weight is 307 g/mol. The van der Waals surface area contributed by atoms with E-state index in [1.165, 1.54) is 29.9 Å². The van der Waals surface area contributed by atoms with Gasteiger partial charge in [-0.15, -0.1) is 0 Å². The molecule has 0 spiro atoms. The Morgan fingerprint density at radius 2 is 2.09 bits per heavy atom. The van der Waals surface area contributed by atoms with Gasteiger partial charge in [0.05, 0.1) is 24.3 Å². The standard InChI is InChI=1S/C15H17NO6/c1-4-9(2)21-13(17)8-16-11-6-5-10(14(18)20-3)7-12(11)22-15(16)19/h5-7,9H,4,8H2,1-3H3. The van der Waals surface area contributed by atoms with E-state index in [1.54, 1.807) is 6.92 Å². The Balaban J connectivity index is 2.31. The van der Waals surface area contributed by atoms with Crippen molar-refractivity contribution in [3.05, 3.63) is 34.3 Å². The van der Waals surface area contributed by atoms with E-state index in [4.69, 9.17) is 9.15 Å². The number of hydrogen-bond acceptors (Lipinski definition) is 6. The zero-order valence-corrected chi connectivity index (χ0v) is 12.6. The summed E-state index contributed by atoms with van der Waals surface area (Å²) in [6.45, 7) is 3.43. The summed E-state index contributed by atoms with van der Waals surface area (Å²) >= 11 is 0. The van der Waals surface area contributed by atoms with Crippen LogP contribution >= 0.6 is 0 Å². The van der Waals surface area contributed by atoms with Gasteiger partial charge in [-0.3, -0.25) is 9.36 Å². The molecule has 0 saturated heterocycles. The third-order valence-electron chi connectivity index (χ3n) is 3.28. The van der Waals surface area contributed by atoms with Crippen LogP contribution in [0.25, 0.3) is 11.1 Å². The molecule has 0 aliphatic carbocycles. The second kappa shape index (κ2) is 6.46. The van der Waals surface area contributed by atoms with Crippen LogP contribution in [-0.2, 0) is 20.8 Å². The number of esters is 2. The van der Waals surface area contributed by atoms with Crippen LogP contribution in [-0.4, -0.2) is 29.7 Å². The van der Waals surface area contributed by atoms with Gasteiger partial charge in [0, 0.05) is 0 Å². The highest BCUT2D eigenvalue weighted by Gasteiger charge is 2.16. The van der Waals surface area contributed by atoms with Gasteiger partial charge in [0.25, 0.3) is 0 Å². The highest BCUT2D eigenvalue weighted by molar-refractivity contribution is 5.93. The van der Waals surface area contributed by atoms with Crippen LogP contribution in [0.2, 0.25) is 0 Å². The lowest BCUT2D eigenvalue weighted by atomic mass is 10.2. The Bertz CT molecular complexity index is 757. The molecule has 7 nitrogen and oxygen atoms in total. The molecule has 1 heterocycles. The molecular formula is C15H17NO6. The van der Waals surface area contributed by atoms with E-state index in [1.807, 2.05) is 6.92 Å². The maximum atomic E-state index is 11.9. The van der Waals surface area contributed by atoms with Crippen LogP contribution in [0.1, 0.15) is 30.6 Å². The van der Waals surface area contributed by atoms with E-state index < -0.39 is 17.7 Å². The normalized spacial score (nSPS) is 12.1. The molecule has 1 aromatic heterocycles. The minimum Gasteiger partial charge on any atom is -0.465 e. The number of benzene rings is 1. The number of fused-ring (bicyclic) bond motifs is 1. The minimum atomic E-state index is -0.682. The lowest BCUT2D eigenvalue weighted by molar-refractivity contribution is -0.149. The summed E-state index contributed by atoms with van der Waals surface area (Å²) < 4.78 is 16.0. The van der Waals surface area contributed by atoms with Crippen molar-refractivity contribution in [3.63, 3.8) is 0 Å². The molecule has 7 heteroatoms. The number of aromatic nitrogens is 1. The second-order valence-corrected chi connectivity index (χ2v) is 4.84. The van der Waals surface area contributed by atoms with Gasteiger partial charge in [-0.05, 0) is 31.5 Å². The van der Waals surface area contributed by atoms with Crippen LogP contribution in [0.15, 0.2) is 27.4 Å². The number of rotatable bonds is 5. The van der Waals surface area contributed by atoms with Gasteiger partial charge in [0.1, 0.15) is 6.54 Å². The van der Waals surface area contributed by atoms with E-state index in [2.05, 4.69) is 4.74 Å². The van der Waals surface area contributed by atoms with Gasteiger partial charge in [0.2, 0.25) is 0 Å². The Morgan fingerprint density at radius 3 is 2.73 bits per heavy atom. The van der Waals surface area contributed by atoms with Crippen molar-refractivity contribution in [1.29, 1.82) is 0 Å². The first kappa shape index (κ1) is 15.8. The van der Waals surface area contributed by atoms with Crippen LogP contribution in [0.5, 0.6) is 0 Å². The first-order valence-electron chi connectivity index (χ1n) is 6.87. The first-order valence-corrected chi connectivity index (χ1v) is 6.87. The summed E-state index contributed by atoms with van der Waals surface area (Å²) in [5.41, 5.74) is 0.890. The van der Waals surface area contributed by atoms with Crippen molar-refractivity contribution in [3.8, 4) is 0 Å². The van der Waals surface area contributed by atoms with Crippen LogP contribution in [0.3, 0.4) is 0 Å². The number of carbonyl (C=O) groups is 2. The number of methoxy groups -OCH3 is 1. The number of oxazole rings is 1. The molecule has 1 unspecified atom stereocenters. The summed E-state index contributed by atoms with van der Waals surface area (Å²) in [4.78, 5) is 35.1. The summed E-state index contributed by atoms with van der Waals surface area (Å²) in [5, 5.41) is 0. The SMILES string of the molecule is CCC(C)OC(=O)Cn1c(=O)oc2cc(C(=O)OC)ccc21. The van der Waals surface area contributed by atoms with Gasteiger partial charge >= 0.3 is 17.7 Å². The highest BCUT2D eigenvalue weighted by atomic mass is 16.5. The number of nitrogens with zero attached hydrogens (tertiary/aromatic N) is 1. The zero-order valence-electron chi connectivity index (χ0n) is 12.6. The van der Waals surface area contributed by atoms with Crippen molar-refractivity contribution in [1.82, 2.24) is 4.57 Å². The van der Waals surface area contributed by atoms with E-state index in [0.29, 0.717) is 11.9 Å². The third kappa shape index (κ3) is 3.19. The Morgan fingerprint density at radius 1 is 1.36 bits per heavy atom. The zero-order chi connectivity index (χ0) is 16.3. The summed E-state index contributed by atoms with van der Waals surface area (Å²) in [6.07, 6.45) is 0.474. The largest absolute Gasteiger partial charge is 0.465 e. The summed E-state index contributed by atoms with van der Waals surface area (Å²) in [7, 11) is 1.26. The van der Waals surface area contributed by atoms with Crippen molar-refractivity contribution < 1.29 is 23.5 Å². The molecule has 2 aromatic rings. The fourth-order valence-electron chi connectivity index (χ4n) is 1.94. The van der Waals surface area contributed by atoms with Gasteiger partial charge < -0.3 is 13.9 Å². The molecule has 1 aromatic carbocycles. The first-order chi connectivity index (χ1) is 10.5. The van der Waals surface area contributed by atoms with Gasteiger partial charge in [-0.2, -0.15) is 0 Å². The van der Waals surface area contributed by atoms with E-state index in [9.17, 15) is 14.4 Å². The predicted molar refractivity (Wildman–Crippen MR) is 77.7 cm³/mol. The number of carbonyl (C=O) groups excluding carboxylic acids is 2. The van der Waals surface area contributed by atoms with Crippen molar-refractivity contribution in [2.24, 2.45) is 0 Å². The molecule has 0 bridgehead atoms. The van der Waals surface area contributed by atoms with E-state index in [0.717, 1.165) is 0 Å². The predicted octanol–water partition coefficient (Wildman–Crippen LogP) is 1.72. The molecule has 22 heavy (non-hydrogen) atoms. The fraction of sp³-hybridized carbons (Fsp3) is 0.400. The van der Waals surface area contributed by atoms with Gasteiger partial charge in [-0.25, -0.2) is 9.59 Å². The molecule has 0 amide bonds. The fourth-order valence-corrected chi connectivity index (χ4v) is 1.94. The lowest BCUT2D eigenvalue weighted by Gasteiger charge is -2.10. The maximum Gasteiger partial charge on any atom is 0.420 e. The topological polar surface area (TPSA) is 87.7 Å². The van der Waals surface area contributed by atoms with Gasteiger partial charge in [-0.1, -0.05) is 6.92 Å². The number of hydrogen-bond donors (Lipinski definition) is 0. The number of ether oxygens (including phenoxy) is 2. The molecule has 1 atom stereocenters. The molecular weight excluding hydrogens is 290 g/mol. The monoisotopic (exact) mass is 307 g/mol. The molecule has 2 rings (SSSR count). The van der Waals surface area contributed by atoms with E-state index in [-0.39, 0.29) is 23.8 Å². The summed E-state index contributed by atoms with van der Waals surface area (Å²) in [6, 6.07) is 4.43. The third-order valence-corrected chi connectivity index (χ3v) is 3.28. The van der Waals surface area contributed by atoms with Crippen LogP contribution < -0.4 is 5.76 Å². The maximum absolute atomic E-state index is 11.9. The minimum absolute atomic E-state index is 0.212. The molecule has 0 aliphatic rings. The quantitative estimate of drug-likeness (QED) is 0.782. The molecule has 0 aliphatic heterocycles. The van der Waals surface area contributed by atoms with Gasteiger partial charge in [0.15, 0.2) is 5.58 Å². The smallest absolute Gasteiger partial charge is 0.420 e. The molecule has 0 N–H and O–H groups in total. The molecule has 0 radical (unpaired) electrons. The average Bonchev–Trinajstić information content (AvgIpc) is 2.81.